The number of aromatic nitrogens is 1. The van der Waals surface area contributed by atoms with E-state index >= 15 is 0 Å². The largest absolute Gasteiger partial charge is 0.478 e. The molecule has 0 aliphatic heterocycles. The fourth-order valence-corrected chi connectivity index (χ4v) is 3.83. The van der Waals surface area contributed by atoms with Gasteiger partial charge in [-0.3, -0.25) is 9.78 Å². The van der Waals surface area contributed by atoms with Crippen LogP contribution in [0.1, 0.15) is 44.0 Å². The molecule has 2 N–H and O–H groups in total. The minimum atomic E-state index is -0.976. The monoisotopic (exact) mass is 302 g/mol. The van der Waals surface area contributed by atoms with E-state index in [9.17, 15) is 14.7 Å². The number of hydrogen-bond acceptors (Lipinski definition) is 4. The summed E-state index contributed by atoms with van der Waals surface area (Å²) in [6.45, 7) is 0. The van der Waals surface area contributed by atoms with Crippen LogP contribution in [0.25, 0.3) is 0 Å². The van der Waals surface area contributed by atoms with Gasteiger partial charge in [-0.2, -0.15) is 0 Å². The number of carbonyl (C=O) groups is 2. The van der Waals surface area contributed by atoms with Gasteiger partial charge in [-0.25, -0.2) is 4.79 Å². The summed E-state index contributed by atoms with van der Waals surface area (Å²) in [4.78, 5) is 28.7. The number of aromatic carboxylic acids is 1. The number of fused-ring (bicyclic) bond motifs is 1. The molecule has 0 atom stereocenters. The van der Waals surface area contributed by atoms with Gasteiger partial charge in [0.25, 0.3) is 5.91 Å². The lowest BCUT2D eigenvalue weighted by Crippen LogP contribution is -2.14. The molecule has 0 radical (unpaired) electrons. The maximum atomic E-state index is 12.2. The second kappa shape index (κ2) is 5.65. The second-order valence-corrected chi connectivity index (χ2v) is 6.02. The van der Waals surface area contributed by atoms with Gasteiger partial charge in [0.2, 0.25) is 0 Å². The van der Waals surface area contributed by atoms with Crippen LogP contribution in [0.3, 0.4) is 0 Å². The van der Waals surface area contributed by atoms with Crippen LogP contribution in [0.5, 0.6) is 0 Å². The minimum absolute atomic E-state index is 0.256. The van der Waals surface area contributed by atoms with Crippen molar-refractivity contribution in [2.45, 2.75) is 25.7 Å². The Labute approximate surface area is 125 Å². The van der Waals surface area contributed by atoms with E-state index in [2.05, 4.69) is 10.3 Å². The van der Waals surface area contributed by atoms with Crippen molar-refractivity contribution in [3.63, 3.8) is 0 Å². The molecule has 1 aliphatic rings. The van der Waals surface area contributed by atoms with Crippen molar-refractivity contribution in [2.75, 3.05) is 5.32 Å². The average Bonchev–Trinajstić information content (AvgIpc) is 2.86. The number of anilines is 1. The number of hydrogen-bond donors (Lipinski definition) is 2. The molecular weight excluding hydrogens is 288 g/mol. The molecule has 2 heterocycles. The highest BCUT2D eigenvalue weighted by molar-refractivity contribution is 7.17. The van der Waals surface area contributed by atoms with Crippen LogP contribution in [0.4, 0.5) is 5.00 Å². The van der Waals surface area contributed by atoms with E-state index in [1.807, 2.05) is 0 Å². The number of rotatable bonds is 3. The normalized spacial score (nSPS) is 13.5. The fraction of sp³-hybridized carbons (Fsp3) is 0.267. The van der Waals surface area contributed by atoms with Crippen molar-refractivity contribution in [1.82, 2.24) is 4.98 Å². The van der Waals surface area contributed by atoms with Gasteiger partial charge in [0, 0.05) is 17.3 Å². The summed E-state index contributed by atoms with van der Waals surface area (Å²) in [6.07, 6.45) is 6.79. The molecule has 0 aromatic carbocycles. The Balaban J connectivity index is 1.94. The molecule has 2 aromatic heterocycles. The first-order valence-corrected chi connectivity index (χ1v) is 7.57. The summed E-state index contributed by atoms with van der Waals surface area (Å²) in [5, 5.41) is 12.6. The molecule has 3 rings (SSSR count). The molecule has 0 spiro atoms. The summed E-state index contributed by atoms with van der Waals surface area (Å²) < 4.78 is 0. The summed E-state index contributed by atoms with van der Waals surface area (Å²) in [5.41, 5.74) is 1.56. The molecule has 2 aromatic rings. The van der Waals surface area contributed by atoms with E-state index in [0.29, 0.717) is 10.6 Å². The number of carbonyl (C=O) groups excluding carboxylic acids is 1. The zero-order valence-corrected chi connectivity index (χ0v) is 12.1. The number of pyridine rings is 1. The molecular formula is C15H14N2O3S. The number of aryl methyl sites for hydroxylation is 1. The van der Waals surface area contributed by atoms with Crippen molar-refractivity contribution >= 4 is 28.2 Å². The summed E-state index contributed by atoms with van der Waals surface area (Å²) in [7, 11) is 0. The fourth-order valence-electron chi connectivity index (χ4n) is 2.55. The van der Waals surface area contributed by atoms with Crippen LogP contribution in [-0.4, -0.2) is 22.0 Å². The Kier molecular flexibility index (Phi) is 3.70. The Morgan fingerprint density at radius 2 is 2.10 bits per heavy atom. The van der Waals surface area contributed by atoms with Crippen LogP contribution >= 0.6 is 11.3 Å². The van der Waals surface area contributed by atoms with E-state index in [1.165, 1.54) is 17.5 Å². The molecule has 1 aliphatic carbocycles. The van der Waals surface area contributed by atoms with Crippen molar-refractivity contribution < 1.29 is 14.7 Å². The third-order valence-corrected chi connectivity index (χ3v) is 4.74. The Bertz CT molecular complexity index is 694. The van der Waals surface area contributed by atoms with Gasteiger partial charge in [0.1, 0.15) is 5.00 Å². The van der Waals surface area contributed by atoms with Crippen molar-refractivity contribution in [3.05, 3.63) is 46.1 Å². The van der Waals surface area contributed by atoms with Gasteiger partial charge in [-0.1, -0.05) is 0 Å². The van der Waals surface area contributed by atoms with E-state index in [4.69, 9.17) is 0 Å². The number of nitrogens with zero attached hydrogens (tertiary/aromatic N) is 1. The Morgan fingerprint density at radius 3 is 2.81 bits per heavy atom. The standard InChI is InChI=1S/C15H14N2O3S/c18-13(9-4-3-7-16-8-9)17-14-12(15(19)20)10-5-1-2-6-11(10)21-14/h3-4,7-8H,1-2,5-6H2,(H,17,18)(H,19,20). The van der Waals surface area contributed by atoms with Gasteiger partial charge in [-0.15, -0.1) is 11.3 Å². The molecule has 0 bridgehead atoms. The van der Waals surface area contributed by atoms with E-state index in [1.54, 1.807) is 18.3 Å². The Morgan fingerprint density at radius 1 is 1.29 bits per heavy atom. The topological polar surface area (TPSA) is 79.3 Å². The third-order valence-electron chi connectivity index (χ3n) is 3.54. The number of carboxylic acids is 1. The van der Waals surface area contributed by atoms with Crippen LogP contribution in [-0.2, 0) is 12.8 Å². The van der Waals surface area contributed by atoms with E-state index < -0.39 is 5.97 Å². The molecule has 108 valence electrons. The minimum Gasteiger partial charge on any atom is -0.478 e. The van der Waals surface area contributed by atoms with Gasteiger partial charge < -0.3 is 10.4 Å². The first-order valence-electron chi connectivity index (χ1n) is 6.76. The van der Waals surface area contributed by atoms with Crippen LogP contribution in [0, 0.1) is 0 Å². The highest BCUT2D eigenvalue weighted by Crippen LogP contribution is 2.38. The van der Waals surface area contributed by atoms with Crippen molar-refractivity contribution in [2.24, 2.45) is 0 Å². The third kappa shape index (κ3) is 2.67. The number of thiophene rings is 1. The summed E-state index contributed by atoms with van der Waals surface area (Å²) >= 11 is 1.38. The molecule has 0 unspecified atom stereocenters. The predicted octanol–water partition coefficient (Wildman–Crippen LogP) is 2.97. The van der Waals surface area contributed by atoms with Gasteiger partial charge in [-0.05, 0) is 43.4 Å². The summed E-state index contributed by atoms with van der Waals surface area (Å²) in [5.74, 6) is -1.31. The predicted molar refractivity (Wildman–Crippen MR) is 80.1 cm³/mol. The molecule has 0 saturated carbocycles. The highest BCUT2D eigenvalue weighted by Gasteiger charge is 2.26. The number of amides is 1. The molecule has 1 amide bonds. The van der Waals surface area contributed by atoms with Crippen molar-refractivity contribution in [1.29, 1.82) is 0 Å². The van der Waals surface area contributed by atoms with Crippen LogP contribution in [0.2, 0.25) is 0 Å². The maximum absolute atomic E-state index is 12.2. The van der Waals surface area contributed by atoms with E-state index in [-0.39, 0.29) is 11.5 Å². The molecule has 6 heteroatoms. The maximum Gasteiger partial charge on any atom is 0.339 e. The lowest BCUT2D eigenvalue weighted by Gasteiger charge is -2.10. The first kappa shape index (κ1) is 13.8. The van der Waals surface area contributed by atoms with Crippen LogP contribution in [0.15, 0.2) is 24.5 Å². The van der Waals surface area contributed by atoms with Gasteiger partial charge in [0.05, 0.1) is 11.1 Å². The lowest BCUT2D eigenvalue weighted by atomic mass is 9.95. The molecule has 0 saturated heterocycles. The quantitative estimate of drug-likeness (QED) is 0.913. The Hall–Kier alpha value is -2.21. The molecule has 5 nitrogen and oxygen atoms in total. The van der Waals surface area contributed by atoms with E-state index in [0.717, 1.165) is 36.1 Å². The highest BCUT2D eigenvalue weighted by atomic mass is 32.1. The number of nitrogens with one attached hydrogen (secondary N) is 1. The first-order chi connectivity index (χ1) is 10.2. The number of carboxylic acid groups (broad SMARTS) is 1. The average molecular weight is 302 g/mol. The molecule has 0 fully saturated rings. The SMILES string of the molecule is O=C(Nc1sc2c(c1C(=O)O)CCCC2)c1cccnc1. The van der Waals surface area contributed by atoms with Gasteiger partial charge >= 0.3 is 5.97 Å². The van der Waals surface area contributed by atoms with Crippen molar-refractivity contribution in [3.8, 4) is 0 Å². The summed E-state index contributed by atoms with van der Waals surface area (Å²) in [6, 6.07) is 3.32. The van der Waals surface area contributed by atoms with Crippen LogP contribution < -0.4 is 5.32 Å². The van der Waals surface area contributed by atoms with Gasteiger partial charge in [0.15, 0.2) is 0 Å². The molecule has 21 heavy (non-hydrogen) atoms. The smallest absolute Gasteiger partial charge is 0.339 e. The zero-order chi connectivity index (χ0) is 14.8. The lowest BCUT2D eigenvalue weighted by molar-refractivity contribution is 0.0697. The zero-order valence-electron chi connectivity index (χ0n) is 11.3. The second-order valence-electron chi connectivity index (χ2n) is 4.92.